The average Bonchev–Trinajstić information content (AvgIpc) is 3.07. The molecule has 0 unspecified atom stereocenters. The molecule has 2 aromatic carbocycles. The van der Waals surface area contributed by atoms with E-state index < -0.39 is 10.0 Å². The summed E-state index contributed by atoms with van der Waals surface area (Å²) < 4.78 is 37.7. The monoisotopic (exact) mass is 521 g/mol. The molecule has 0 bridgehead atoms. The Bertz CT molecular complexity index is 1100. The fourth-order valence-electron chi connectivity index (χ4n) is 3.31. The van der Waals surface area contributed by atoms with E-state index in [0.29, 0.717) is 10.5 Å². The summed E-state index contributed by atoms with van der Waals surface area (Å²) in [5.41, 5.74) is 1.75. The predicted octanol–water partition coefficient (Wildman–Crippen LogP) is 4.73. The van der Waals surface area contributed by atoms with Crippen molar-refractivity contribution in [2.24, 2.45) is 0 Å². The number of rotatable bonds is 5. The lowest BCUT2D eigenvalue weighted by molar-refractivity contribution is 0.233. The third-order valence-corrected chi connectivity index (χ3v) is 6.62. The highest BCUT2D eigenvalue weighted by molar-refractivity contribution is 7.90. The number of fused-ring (bicyclic) bond motifs is 1. The van der Waals surface area contributed by atoms with E-state index in [2.05, 4.69) is 16.8 Å². The Labute approximate surface area is 206 Å². The zero-order valence-corrected chi connectivity index (χ0v) is 20.6. The summed E-state index contributed by atoms with van der Waals surface area (Å²) in [6.07, 6.45) is 2.85. The summed E-state index contributed by atoms with van der Waals surface area (Å²) >= 11 is 6.26. The van der Waals surface area contributed by atoms with Gasteiger partial charge in [-0.05, 0) is 29.8 Å². The first-order valence-corrected chi connectivity index (χ1v) is 11.7. The van der Waals surface area contributed by atoms with Gasteiger partial charge in [-0.15, -0.1) is 31.4 Å². The highest BCUT2D eigenvalue weighted by atomic mass is 35.5. The molecule has 1 saturated heterocycles. The van der Waals surface area contributed by atoms with Gasteiger partial charge >= 0.3 is 0 Å². The lowest BCUT2D eigenvalue weighted by Gasteiger charge is -2.27. The maximum atomic E-state index is 12.3. The van der Waals surface area contributed by atoms with Crippen LogP contribution < -0.4 is 5.32 Å². The minimum atomic E-state index is -3.46. The number of halogens is 4. The summed E-state index contributed by atoms with van der Waals surface area (Å²) in [6.45, 7) is 8.37. The van der Waals surface area contributed by atoms with E-state index in [9.17, 15) is 12.8 Å². The Morgan fingerprint density at radius 2 is 1.75 bits per heavy atom. The van der Waals surface area contributed by atoms with E-state index in [-0.39, 0.29) is 36.4 Å². The van der Waals surface area contributed by atoms with Gasteiger partial charge in [-0.1, -0.05) is 41.9 Å². The second-order valence-electron chi connectivity index (χ2n) is 7.01. The largest absolute Gasteiger partial charge is 0.314 e. The zero-order valence-electron chi connectivity index (χ0n) is 17.4. The molecule has 1 aromatic heterocycles. The van der Waals surface area contributed by atoms with Gasteiger partial charge in [-0.25, -0.2) is 16.8 Å². The standard InChI is InChI=1S/C16H20ClN3O2S.C6H5F.2ClH/c1-2-9-23(21,22)20-12-15(17)14-10-13(3-4-16(14)20)11-19-7-5-18-6-8-19;7-6-4-2-1-3-5-6;;/h2-4,10,12,18H,1,5-9,11H2;1-5H;2*1H. The van der Waals surface area contributed by atoms with E-state index >= 15 is 0 Å². The normalized spacial score (nSPS) is 13.9. The van der Waals surface area contributed by atoms with Gasteiger partial charge in [-0.2, -0.15) is 0 Å². The summed E-state index contributed by atoms with van der Waals surface area (Å²) in [7, 11) is -3.46. The number of nitrogens with one attached hydrogen (secondary N) is 1. The lowest BCUT2D eigenvalue weighted by Crippen LogP contribution is -2.42. The molecule has 3 aromatic rings. The second kappa shape index (κ2) is 13.2. The van der Waals surface area contributed by atoms with Crippen LogP contribution in [0.15, 0.2) is 67.4 Å². The van der Waals surface area contributed by atoms with Crippen molar-refractivity contribution in [2.75, 3.05) is 31.9 Å². The molecule has 1 aliphatic heterocycles. The summed E-state index contributed by atoms with van der Waals surface area (Å²) in [6, 6.07) is 13.7. The molecule has 0 amide bonds. The smallest absolute Gasteiger partial charge is 0.242 e. The Morgan fingerprint density at radius 3 is 2.31 bits per heavy atom. The Kier molecular flexibility index (Phi) is 11.7. The first-order chi connectivity index (χ1) is 14.4. The van der Waals surface area contributed by atoms with Crippen molar-refractivity contribution in [3.63, 3.8) is 0 Å². The van der Waals surface area contributed by atoms with Crippen LogP contribution in [-0.2, 0) is 16.6 Å². The van der Waals surface area contributed by atoms with Crippen molar-refractivity contribution in [2.45, 2.75) is 6.54 Å². The second-order valence-corrected chi connectivity index (χ2v) is 9.31. The average molecular weight is 523 g/mol. The van der Waals surface area contributed by atoms with Crippen LogP contribution in [0.2, 0.25) is 5.02 Å². The van der Waals surface area contributed by atoms with Gasteiger partial charge in [-0.3, -0.25) is 4.90 Å². The highest BCUT2D eigenvalue weighted by Gasteiger charge is 2.18. The molecule has 0 radical (unpaired) electrons. The van der Waals surface area contributed by atoms with Crippen LogP contribution in [0.1, 0.15) is 5.56 Å². The molecule has 0 atom stereocenters. The van der Waals surface area contributed by atoms with Gasteiger partial charge in [0, 0.05) is 44.3 Å². The quantitative estimate of drug-likeness (QED) is 0.492. The number of aromatic nitrogens is 1. The van der Waals surface area contributed by atoms with E-state index in [0.717, 1.165) is 43.7 Å². The van der Waals surface area contributed by atoms with Crippen LogP contribution >= 0.6 is 36.4 Å². The van der Waals surface area contributed by atoms with E-state index in [1.807, 2.05) is 18.2 Å². The summed E-state index contributed by atoms with van der Waals surface area (Å²) in [5, 5.41) is 4.55. The van der Waals surface area contributed by atoms with Crippen LogP contribution in [0.3, 0.4) is 0 Å². The van der Waals surface area contributed by atoms with Gasteiger partial charge < -0.3 is 5.32 Å². The molecule has 10 heteroatoms. The number of benzene rings is 2. The Morgan fingerprint density at radius 1 is 1.09 bits per heavy atom. The van der Waals surface area contributed by atoms with E-state index in [1.54, 1.807) is 18.2 Å². The molecule has 1 fully saturated rings. The van der Waals surface area contributed by atoms with Crippen molar-refractivity contribution in [1.82, 2.24) is 14.2 Å². The third-order valence-electron chi connectivity index (χ3n) is 4.76. The van der Waals surface area contributed by atoms with Crippen molar-refractivity contribution in [1.29, 1.82) is 0 Å². The molecule has 1 aliphatic rings. The molecule has 5 nitrogen and oxygen atoms in total. The summed E-state index contributed by atoms with van der Waals surface area (Å²) in [5.74, 6) is -0.294. The molecule has 2 heterocycles. The van der Waals surface area contributed by atoms with E-state index in [1.165, 1.54) is 28.4 Å². The Hall–Kier alpha value is -1.61. The Balaban J connectivity index is 0.000000489. The SMILES string of the molecule is C=CCS(=O)(=O)n1cc(Cl)c2cc(CN3CCNCC3)ccc21.Cl.Cl.Fc1ccccc1. The van der Waals surface area contributed by atoms with Crippen molar-refractivity contribution in [3.05, 3.63) is 83.8 Å². The molecule has 0 spiro atoms. The number of hydrogen-bond acceptors (Lipinski definition) is 4. The zero-order chi connectivity index (χ0) is 21.6. The molecule has 176 valence electrons. The first kappa shape index (κ1) is 28.4. The molecule has 0 saturated carbocycles. The van der Waals surface area contributed by atoms with E-state index in [4.69, 9.17) is 11.6 Å². The van der Waals surface area contributed by atoms with Gasteiger partial charge in [0.15, 0.2) is 0 Å². The minimum Gasteiger partial charge on any atom is -0.314 e. The van der Waals surface area contributed by atoms with Gasteiger partial charge in [0.1, 0.15) is 5.82 Å². The van der Waals surface area contributed by atoms with Crippen LogP contribution in [0.25, 0.3) is 10.9 Å². The molecule has 4 rings (SSSR count). The van der Waals surface area contributed by atoms with Crippen LogP contribution in [0.5, 0.6) is 0 Å². The lowest BCUT2D eigenvalue weighted by atomic mass is 10.1. The van der Waals surface area contributed by atoms with Crippen LogP contribution in [0.4, 0.5) is 4.39 Å². The summed E-state index contributed by atoms with van der Waals surface area (Å²) in [4.78, 5) is 2.37. The fourth-order valence-corrected chi connectivity index (χ4v) is 4.80. The molecule has 1 N–H and O–H groups in total. The van der Waals surface area contributed by atoms with Gasteiger partial charge in [0.05, 0.1) is 16.3 Å². The predicted molar refractivity (Wildman–Crippen MR) is 135 cm³/mol. The van der Waals surface area contributed by atoms with Gasteiger partial charge in [0.25, 0.3) is 0 Å². The first-order valence-electron chi connectivity index (χ1n) is 9.68. The van der Waals surface area contributed by atoms with Crippen LogP contribution in [0, 0.1) is 5.82 Å². The topological polar surface area (TPSA) is 54.3 Å². The maximum absolute atomic E-state index is 12.3. The number of hydrogen-bond donors (Lipinski definition) is 1. The van der Waals surface area contributed by atoms with Crippen molar-refractivity contribution >= 4 is 57.3 Å². The third kappa shape index (κ3) is 7.47. The highest BCUT2D eigenvalue weighted by Crippen LogP contribution is 2.28. The van der Waals surface area contributed by atoms with Crippen molar-refractivity contribution in [3.8, 4) is 0 Å². The molecular formula is C22H27Cl3FN3O2S. The molecular weight excluding hydrogens is 496 g/mol. The number of nitrogens with zero attached hydrogens (tertiary/aromatic N) is 2. The molecule has 32 heavy (non-hydrogen) atoms. The minimum absolute atomic E-state index is 0. The fraction of sp³-hybridized carbons (Fsp3) is 0.273. The van der Waals surface area contributed by atoms with Crippen molar-refractivity contribution < 1.29 is 12.8 Å². The molecule has 0 aliphatic carbocycles. The number of piperazine rings is 1. The van der Waals surface area contributed by atoms with Gasteiger partial charge in [0.2, 0.25) is 10.0 Å². The van der Waals surface area contributed by atoms with Crippen LogP contribution in [-0.4, -0.2) is 49.2 Å². The maximum Gasteiger partial charge on any atom is 0.242 e.